The van der Waals surface area contributed by atoms with Gasteiger partial charge in [-0.1, -0.05) is 33.8 Å². The van der Waals surface area contributed by atoms with Gasteiger partial charge in [0.1, 0.15) is 4.90 Å². The van der Waals surface area contributed by atoms with Crippen molar-refractivity contribution in [1.82, 2.24) is 0 Å². The third-order valence-electron chi connectivity index (χ3n) is 2.72. The molecule has 0 saturated heterocycles. The van der Waals surface area contributed by atoms with Crippen LogP contribution in [0.25, 0.3) is 0 Å². The zero-order valence-corrected chi connectivity index (χ0v) is 15.8. The van der Waals surface area contributed by atoms with E-state index >= 15 is 0 Å². The van der Waals surface area contributed by atoms with Crippen molar-refractivity contribution >= 4 is 55.3 Å². The molecule has 6 heteroatoms. The normalized spacial score (nSPS) is 12.5. The van der Waals surface area contributed by atoms with E-state index in [0.717, 1.165) is 11.1 Å². The summed E-state index contributed by atoms with van der Waals surface area (Å²) in [7, 11) is -4.19. The molecule has 0 saturated carbocycles. The Morgan fingerprint density at radius 2 is 1.33 bits per heavy atom. The van der Waals surface area contributed by atoms with Gasteiger partial charge in [-0.25, -0.2) is 0 Å². The minimum Gasteiger partial charge on any atom is -0.282 e. The van der Waals surface area contributed by atoms with Gasteiger partial charge in [0.15, 0.2) is 0 Å². The van der Waals surface area contributed by atoms with Crippen LogP contribution in [0.3, 0.4) is 0 Å². The van der Waals surface area contributed by atoms with Crippen molar-refractivity contribution in [2.45, 2.75) is 44.4 Å². The van der Waals surface area contributed by atoms with E-state index < -0.39 is 10.1 Å². The van der Waals surface area contributed by atoms with E-state index in [1.54, 1.807) is 0 Å². The molecule has 0 amide bonds. The second kappa shape index (κ2) is 5.92. The standard InChI is InChI=1S/C12H16I2O3S/c1-6(2)8-5-9(7(3)4)11(14)12(10(8)13)18(15,16)17/h5-7H,1-4H3,(H,15,16,17). The van der Waals surface area contributed by atoms with E-state index in [0.29, 0.717) is 7.14 Å². The minimum atomic E-state index is -4.19. The Hall–Kier alpha value is 0.590. The average molecular weight is 494 g/mol. The van der Waals surface area contributed by atoms with Crippen molar-refractivity contribution < 1.29 is 13.0 Å². The van der Waals surface area contributed by atoms with Crippen LogP contribution in [-0.2, 0) is 10.1 Å². The Kier molecular flexibility index (Phi) is 5.48. The second-order valence-electron chi connectivity index (χ2n) is 4.80. The van der Waals surface area contributed by atoms with Gasteiger partial charge < -0.3 is 0 Å². The van der Waals surface area contributed by atoms with Crippen LogP contribution in [-0.4, -0.2) is 13.0 Å². The summed E-state index contributed by atoms with van der Waals surface area (Å²) >= 11 is 4.01. The fourth-order valence-corrected chi connectivity index (χ4v) is 6.69. The highest BCUT2D eigenvalue weighted by molar-refractivity contribution is 14.1. The number of benzene rings is 1. The molecule has 1 rings (SSSR count). The number of hydrogen-bond donors (Lipinski definition) is 1. The number of halogens is 2. The first-order chi connectivity index (χ1) is 8.07. The summed E-state index contributed by atoms with van der Waals surface area (Å²) in [6.45, 7) is 8.06. The van der Waals surface area contributed by atoms with Gasteiger partial charge in [0, 0.05) is 7.14 Å². The molecule has 1 N–H and O–H groups in total. The molecular weight excluding hydrogens is 478 g/mol. The minimum absolute atomic E-state index is 0.0543. The predicted octanol–water partition coefficient (Wildman–Crippen LogP) is 4.39. The van der Waals surface area contributed by atoms with Gasteiger partial charge >= 0.3 is 0 Å². The van der Waals surface area contributed by atoms with E-state index in [1.807, 2.05) is 78.9 Å². The van der Waals surface area contributed by atoms with Crippen LogP contribution in [0.2, 0.25) is 0 Å². The first-order valence-electron chi connectivity index (χ1n) is 5.56. The average Bonchev–Trinajstić information content (AvgIpc) is 2.13. The lowest BCUT2D eigenvalue weighted by molar-refractivity contribution is 0.481. The van der Waals surface area contributed by atoms with Crippen LogP contribution in [0, 0.1) is 7.14 Å². The van der Waals surface area contributed by atoms with Gasteiger partial charge in [0.2, 0.25) is 0 Å². The molecule has 0 aliphatic rings. The van der Waals surface area contributed by atoms with Crippen molar-refractivity contribution in [1.29, 1.82) is 0 Å². The molecule has 0 bridgehead atoms. The molecule has 0 heterocycles. The van der Waals surface area contributed by atoms with Crippen LogP contribution in [0.5, 0.6) is 0 Å². The lowest BCUT2D eigenvalue weighted by Crippen LogP contribution is -2.11. The van der Waals surface area contributed by atoms with Gasteiger partial charge in [0.25, 0.3) is 10.1 Å². The highest BCUT2D eigenvalue weighted by Crippen LogP contribution is 2.36. The SMILES string of the molecule is CC(C)c1cc(C(C)C)c(I)c(S(=O)(=O)O)c1I. The summed E-state index contributed by atoms with van der Waals surface area (Å²) in [6.07, 6.45) is 0. The second-order valence-corrected chi connectivity index (χ2v) is 8.31. The smallest absolute Gasteiger partial charge is 0.282 e. The quantitative estimate of drug-likeness (QED) is 0.502. The first-order valence-corrected chi connectivity index (χ1v) is 9.16. The molecule has 3 nitrogen and oxygen atoms in total. The Morgan fingerprint density at radius 1 is 1.00 bits per heavy atom. The topological polar surface area (TPSA) is 54.4 Å². The molecule has 18 heavy (non-hydrogen) atoms. The molecule has 0 aliphatic carbocycles. The van der Waals surface area contributed by atoms with Crippen molar-refractivity contribution in [3.8, 4) is 0 Å². The molecule has 102 valence electrons. The summed E-state index contributed by atoms with van der Waals surface area (Å²) in [5, 5.41) is 0. The maximum absolute atomic E-state index is 11.6. The van der Waals surface area contributed by atoms with Crippen molar-refractivity contribution in [3.63, 3.8) is 0 Å². The monoisotopic (exact) mass is 494 g/mol. The Labute approximate surface area is 136 Å². The fraction of sp³-hybridized carbons (Fsp3) is 0.500. The van der Waals surface area contributed by atoms with Crippen molar-refractivity contribution in [2.75, 3.05) is 0 Å². The van der Waals surface area contributed by atoms with Gasteiger partial charge in [-0.2, -0.15) is 8.42 Å². The maximum atomic E-state index is 11.6. The van der Waals surface area contributed by atoms with Crippen LogP contribution < -0.4 is 0 Å². The number of rotatable bonds is 3. The number of hydrogen-bond acceptors (Lipinski definition) is 2. The molecule has 0 radical (unpaired) electrons. The largest absolute Gasteiger partial charge is 0.296 e. The molecule has 0 aromatic heterocycles. The Bertz CT molecular complexity index is 531. The predicted molar refractivity (Wildman–Crippen MR) is 89.9 cm³/mol. The van der Waals surface area contributed by atoms with E-state index in [2.05, 4.69) is 0 Å². The van der Waals surface area contributed by atoms with Crippen molar-refractivity contribution in [2.24, 2.45) is 0 Å². The van der Waals surface area contributed by atoms with E-state index in [4.69, 9.17) is 0 Å². The van der Waals surface area contributed by atoms with Gasteiger partial charge in [0.05, 0.1) is 0 Å². The molecule has 0 atom stereocenters. The zero-order chi connectivity index (χ0) is 14.2. The van der Waals surface area contributed by atoms with E-state index in [9.17, 15) is 13.0 Å². The van der Waals surface area contributed by atoms with Crippen LogP contribution >= 0.6 is 45.2 Å². The van der Waals surface area contributed by atoms with Gasteiger partial charge in [-0.05, 0) is 68.1 Å². The fourth-order valence-electron chi connectivity index (χ4n) is 1.72. The van der Waals surface area contributed by atoms with Crippen LogP contribution in [0.15, 0.2) is 11.0 Å². The summed E-state index contributed by atoms with van der Waals surface area (Å²) in [4.78, 5) is 0.0543. The Balaban J connectivity index is 3.80. The summed E-state index contributed by atoms with van der Waals surface area (Å²) in [6, 6.07) is 2.05. The zero-order valence-electron chi connectivity index (χ0n) is 10.7. The molecule has 0 fully saturated rings. The summed E-state index contributed by atoms with van der Waals surface area (Å²) in [5.74, 6) is 0.429. The molecular formula is C12H16I2O3S. The highest BCUT2D eigenvalue weighted by Gasteiger charge is 2.25. The molecule has 0 spiro atoms. The van der Waals surface area contributed by atoms with E-state index in [1.165, 1.54) is 0 Å². The maximum Gasteiger partial charge on any atom is 0.296 e. The Morgan fingerprint density at radius 3 is 1.56 bits per heavy atom. The molecule has 0 unspecified atom stereocenters. The van der Waals surface area contributed by atoms with Crippen molar-refractivity contribution in [3.05, 3.63) is 24.3 Å². The van der Waals surface area contributed by atoms with Crippen LogP contribution in [0.4, 0.5) is 0 Å². The third kappa shape index (κ3) is 3.37. The third-order valence-corrected chi connectivity index (χ3v) is 6.70. The van der Waals surface area contributed by atoms with Crippen LogP contribution in [0.1, 0.15) is 50.7 Å². The lowest BCUT2D eigenvalue weighted by atomic mass is 9.96. The molecule has 1 aromatic rings. The molecule has 1 aromatic carbocycles. The highest BCUT2D eigenvalue weighted by atomic mass is 127. The summed E-state index contributed by atoms with van der Waals surface area (Å²) in [5.41, 5.74) is 1.93. The van der Waals surface area contributed by atoms with E-state index in [-0.39, 0.29) is 16.7 Å². The first kappa shape index (κ1) is 16.6. The molecule has 0 aliphatic heterocycles. The lowest BCUT2D eigenvalue weighted by Gasteiger charge is -2.18. The van der Waals surface area contributed by atoms with Gasteiger partial charge in [-0.15, -0.1) is 0 Å². The van der Waals surface area contributed by atoms with Gasteiger partial charge in [-0.3, -0.25) is 4.55 Å². The summed E-state index contributed by atoms with van der Waals surface area (Å²) < 4.78 is 33.8.